The van der Waals surface area contributed by atoms with E-state index < -0.39 is 10.0 Å². The number of amides is 1. The SMILES string of the molecule is COc1ccc(S(=O)(=O)NCC(=O)N2CCc3ccccc3C2)cc1C. The van der Waals surface area contributed by atoms with E-state index in [4.69, 9.17) is 4.74 Å². The molecule has 0 bridgehead atoms. The van der Waals surface area contributed by atoms with Crippen molar-refractivity contribution in [3.8, 4) is 5.75 Å². The number of sulfonamides is 1. The third-order valence-corrected chi connectivity index (χ3v) is 5.97. The third kappa shape index (κ3) is 3.89. The normalized spacial score (nSPS) is 14.0. The third-order valence-electron chi connectivity index (χ3n) is 4.57. The van der Waals surface area contributed by atoms with Crippen molar-refractivity contribution in [3.05, 3.63) is 59.2 Å². The lowest BCUT2D eigenvalue weighted by Gasteiger charge is -2.29. The summed E-state index contributed by atoms with van der Waals surface area (Å²) in [4.78, 5) is 14.2. The van der Waals surface area contributed by atoms with E-state index in [2.05, 4.69) is 10.8 Å². The number of benzene rings is 2. The molecule has 7 heteroatoms. The van der Waals surface area contributed by atoms with E-state index in [1.165, 1.54) is 24.8 Å². The zero-order valence-electron chi connectivity index (χ0n) is 14.9. The number of rotatable bonds is 5. The van der Waals surface area contributed by atoms with Gasteiger partial charge in [-0.1, -0.05) is 24.3 Å². The highest BCUT2D eigenvalue weighted by Gasteiger charge is 2.22. The number of ether oxygens (including phenoxy) is 1. The van der Waals surface area contributed by atoms with E-state index in [9.17, 15) is 13.2 Å². The van der Waals surface area contributed by atoms with Crippen molar-refractivity contribution in [1.29, 1.82) is 0 Å². The molecule has 0 saturated heterocycles. The molecule has 0 atom stereocenters. The van der Waals surface area contributed by atoms with E-state index >= 15 is 0 Å². The highest BCUT2D eigenvalue weighted by molar-refractivity contribution is 7.89. The molecule has 2 aromatic carbocycles. The maximum atomic E-state index is 12.4. The van der Waals surface area contributed by atoms with Crippen molar-refractivity contribution >= 4 is 15.9 Å². The second-order valence-electron chi connectivity index (χ2n) is 6.29. The van der Waals surface area contributed by atoms with Crippen molar-refractivity contribution in [2.45, 2.75) is 24.8 Å². The van der Waals surface area contributed by atoms with Gasteiger partial charge in [0.25, 0.3) is 0 Å². The highest BCUT2D eigenvalue weighted by Crippen LogP contribution is 2.21. The van der Waals surface area contributed by atoms with Gasteiger partial charge in [0.2, 0.25) is 15.9 Å². The lowest BCUT2D eigenvalue weighted by atomic mass is 10.00. The first kappa shape index (κ1) is 18.4. The van der Waals surface area contributed by atoms with E-state index in [1.807, 2.05) is 18.2 Å². The van der Waals surface area contributed by atoms with Crippen molar-refractivity contribution in [1.82, 2.24) is 9.62 Å². The van der Waals surface area contributed by atoms with Crippen LogP contribution in [0.3, 0.4) is 0 Å². The molecule has 0 aliphatic carbocycles. The lowest BCUT2D eigenvalue weighted by Crippen LogP contribution is -2.42. The number of carbonyl (C=O) groups excluding carboxylic acids is 1. The molecule has 1 heterocycles. The zero-order chi connectivity index (χ0) is 18.7. The second-order valence-corrected chi connectivity index (χ2v) is 8.06. The van der Waals surface area contributed by atoms with Gasteiger partial charge in [0.05, 0.1) is 18.6 Å². The molecule has 0 saturated carbocycles. The molecule has 26 heavy (non-hydrogen) atoms. The Morgan fingerprint density at radius 1 is 1.19 bits per heavy atom. The van der Waals surface area contributed by atoms with Gasteiger partial charge in [-0.15, -0.1) is 0 Å². The summed E-state index contributed by atoms with van der Waals surface area (Å²) in [5.74, 6) is 0.389. The molecule has 6 nitrogen and oxygen atoms in total. The van der Waals surface area contributed by atoms with Gasteiger partial charge >= 0.3 is 0 Å². The molecule has 0 fully saturated rings. The average Bonchev–Trinajstić information content (AvgIpc) is 2.65. The molecule has 0 spiro atoms. The minimum absolute atomic E-state index is 0.118. The van der Waals surface area contributed by atoms with Crippen molar-refractivity contribution in [2.75, 3.05) is 20.2 Å². The summed E-state index contributed by atoms with van der Waals surface area (Å²) in [5.41, 5.74) is 3.07. The first-order chi connectivity index (χ1) is 12.4. The molecule has 0 aromatic heterocycles. The van der Waals surface area contributed by atoms with Gasteiger partial charge in [0.1, 0.15) is 5.75 Å². The average molecular weight is 374 g/mol. The molecule has 2 aromatic rings. The van der Waals surface area contributed by atoms with Gasteiger partial charge in [0, 0.05) is 13.1 Å². The van der Waals surface area contributed by atoms with Crippen molar-refractivity contribution < 1.29 is 17.9 Å². The van der Waals surface area contributed by atoms with Gasteiger partial charge in [-0.05, 0) is 48.2 Å². The molecule has 3 rings (SSSR count). The fraction of sp³-hybridized carbons (Fsp3) is 0.316. The predicted octanol–water partition coefficient (Wildman–Crippen LogP) is 1.87. The van der Waals surface area contributed by atoms with E-state index in [-0.39, 0.29) is 17.3 Å². The van der Waals surface area contributed by atoms with Gasteiger partial charge in [-0.3, -0.25) is 4.79 Å². The van der Waals surface area contributed by atoms with Crippen LogP contribution in [0.4, 0.5) is 0 Å². The van der Waals surface area contributed by atoms with Crippen LogP contribution >= 0.6 is 0 Å². The summed E-state index contributed by atoms with van der Waals surface area (Å²) in [6, 6.07) is 12.6. The van der Waals surface area contributed by atoms with Crippen molar-refractivity contribution in [3.63, 3.8) is 0 Å². The molecule has 0 unspecified atom stereocenters. The number of aryl methyl sites for hydroxylation is 1. The minimum Gasteiger partial charge on any atom is -0.496 e. The van der Waals surface area contributed by atoms with Crippen LogP contribution in [-0.2, 0) is 27.8 Å². The molecule has 0 radical (unpaired) electrons. The Kier molecular flexibility index (Phi) is 5.29. The Morgan fingerprint density at radius 3 is 2.62 bits per heavy atom. The second kappa shape index (κ2) is 7.47. The van der Waals surface area contributed by atoms with Crippen molar-refractivity contribution in [2.24, 2.45) is 0 Å². The van der Waals surface area contributed by atoms with Crippen LogP contribution in [0.1, 0.15) is 16.7 Å². The molecule has 1 aliphatic heterocycles. The van der Waals surface area contributed by atoms with E-state index in [0.717, 1.165) is 12.0 Å². The van der Waals surface area contributed by atoms with Crippen LogP contribution in [-0.4, -0.2) is 39.4 Å². The standard InChI is InChI=1S/C19H22N2O4S/c1-14-11-17(7-8-18(14)25-2)26(23,24)20-12-19(22)21-10-9-15-5-3-4-6-16(15)13-21/h3-8,11,20H,9-10,12-13H2,1-2H3. The zero-order valence-corrected chi connectivity index (χ0v) is 15.7. The van der Waals surface area contributed by atoms with Crippen LogP contribution in [0.25, 0.3) is 0 Å². The maximum Gasteiger partial charge on any atom is 0.241 e. The molecule has 1 N–H and O–H groups in total. The summed E-state index contributed by atoms with van der Waals surface area (Å²) in [6.45, 7) is 2.63. The summed E-state index contributed by atoms with van der Waals surface area (Å²) >= 11 is 0. The summed E-state index contributed by atoms with van der Waals surface area (Å²) in [7, 11) is -2.22. The first-order valence-corrected chi connectivity index (χ1v) is 9.88. The highest BCUT2D eigenvalue weighted by atomic mass is 32.2. The number of methoxy groups -OCH3 is 1. The van der Waals surface area contributed by atoms with Crippen LogP contribution in [0.5, 0.6) is 5.75 Å². The van der Waals surface area contributed by atoms with E-state index in [1.54, 1.807) is 17.9 Å². The quantitative estimate of drug-likeness (QED) is 0.867. The molecule has 1 aliphatic rings. The van der Waals surface area contributed by atoms with Gasteiger partial charge in [-0.25, -0.2) is 13.1 Å². The topological polar surface area (TPSA) is 75.7 Å². The predicted molar refractivity (Wildman–Crippen MR) is 98.5 cm³/mol. The van der Waals surface area contributed by atoms with E-state index in [0.29, 0.717) is 24.4 Å². The summed E-state index contributed by atoms with van der Waals surface area (Å²) < 4.78 is 32.4. The van der Waals surface area contributed by atoms with Gasteiger partial charge < -0.3 is 9.64 Å². The Balaban J connectivity index is 1.65. The number of carbonyl (C=O) groups is 1. The molecule has 138 valence electrons. The Hall–Kier alpha value is -2.38. The number of hydrogen-bond acceptors (Lipinski definition) is 4. The van der Waals surface area contributed by atoms with Gasteiger partial charge in [-0.2, -0.15) is 0 Å². The number of fused-ring (bicyclic) bond motifs is 1. The molecular weight excluding hydrogens is 352 g/mol. The summed E-state index contributed by atoms with van der Waals surface area (Å²) in [5, 5.41) is 0. The Bertz CT molecular complexity index is 925. The van der Waals surface area contributed by atoms with Crippen LogP contribution in [0, 0.1) is 6.92 Å². The molecular formula is C19H22N2O4S. The summed E-state index contributed by atoms with van der Waals surface area (Å²) in [6.07, 6.45) is 0.784. The largest absolute Gasteiger partial charge is 0.496 e. The van der Waals surface area contributed by atoms with Gasteiger partial charge in [0.15, 0.2) is 0 Å². The van der Waals surface area contributed by atoms with Crippen LogP contribution < -0.4 is 9.46 Å². The number of hydrogen-bond donors (Lipinski definition) is 1. The Labute approximate surface area is 153 Å². The monoisotopic (exact) mass is 374 g/mol. The van der Waals surface area contributed by atoms with Crippen LogP contribution in [0.15, 0.2) is 47.4 Å². The minimum atomic E-state index is -3.76. The fourth-order valence-corrected chi connectivity index (χ4v) is 4.14. The van der Waals surface area contributed by atoms with Crippen LogP contribution in [0.2, 0.25) is 0 Å². The smallest absolute Gasteiger partial charge is 0.241 e. The number of nitrogens with zero attached hydrogens (tertiary/aromatic N) is 1. The lowest BCUT2D eigenvalue weighted by molar-refractivity contribution is -0.130. The first-order valence-electron chi connectivity index (χ1n) is 8.39. The number of nitrogens with one attached hydrogen (secondary N) is 1. The maximum absolute atomic E-state index is 12.4. The Morgan fingerprint density at radius 2 is 1.92 bits per heavy atom. The fourth-order valence-electron chi connectivity index (χ4n) is 3.08. The molecule has 1 amide bonds.